The van der Waals surface area contributed by atoms with Gasteiger partial charge in [0.15, 0.2) is 5.13 Å². The number of ether oxygens (including phenoxy) is 3. The van der Waals surface area contributed by atoms with Crippen LogP contribution >= 0.6 is 11.3 Å². The Bertz CT molecular complexity index is 907. The summed E-state index contributed by atoms with van der Waals surface area (Å²) in [5.74, 6) is 0.335. The van der Waals surface area contributed by atoms with Crippen molar-refractivity contribution in [2.45, 2.75) is 46.8 Å². The van der Waals surface area contributed by atoms with E-state index in [1.165, 1.54) is 18.3 Å². The van der Waals surface area contributed by atoms with Crippen LogP contribution in [-0.4, -0.2) is 35.3 Å². The number of nitrogens with one attached hydrogen (secondary N) is 2. The average molecular weight is 451 g/mol. The van der Waals surface area contributed by atoms with Gasteiger partial charge in [0, 0.05) is 12.3 Å². The molecule has 0 radical (unpaired) electrons. The van der Waals surface area contributed by atoms with E-state index >= 15 is 0 Å². The van der Waals surface area contributed by atoms with Gasteiger partial charge in [-0.05, 0) is 52.0 Å². The van der Waals surface area contributed by atoms with Gasteiger partial charge in [-0.25, -0.2) is 20.0 Å². The lowest BCUT2D eigenvalue weighted by Crippen LogP contribution is -2.48. The lowest BCUT2D eigenvalue weighted by Gasteiger charge is -2.27. The van der Waals surface area contributed by atoms with E-state index in [0.29, 0.717) is 22.3 Å². The molecule has 1 aromatic carbocycles. The molecule has 11 heteroatoms. The zero-order valence-corrected chi connectivity index (χ0v) is 18.9. The summed E-state index contributed by atoms with van der Waals surface area (Å²) in [6, 6.07) is 6.46. The van der Waals surface area contributed by atoms with Crippen LogP contribution in [0.4, 0.5) is 20.4 Å². The molecule has 2 rings (SSSR count). The third kappa shape index (κ3) is 8.13. The maximum absolute atomic E-state index is 12.5. The predicted molar refractivity (Wildman–Crippen MR) is 116 cm³/mol. The summed E-state index contributed by atoms with van der Waals surface area (Å²) in [7, 11) is 0. The van der Waals surface area contributed by atoms with Gasteiger partial charge < -0.3 is 19.5 Å². The van der Waals surface area contributed by atoms with Crippen LogP contribution in [0.1, 0.15) is 40.3 Å². The molecule has 2 aromatic rings. The molecule has 2 N–H and O–H groups in total. The van der Waals surface area contributed by atoms with Gasteiger partial charge in [0.2, 0.25) is 5.91 Å². The van der Waals surface area contributed by atoms with Gasteiger partial charge >= 0.3 is 12.2 Å². The van der Waals surface area contributed by atoms with Crippen molar-refractivity contribution in [2.75, 3.05) is 16.9 Å². The fraction of sp³-hybridized carbons (Fsp3) is 0.400. The fourth-order valence-corrected chi connectivity index (χ4v) is 2.95. The highest BCUT2D eigenvalue weighted by Gasteiger charge is 2.25. The Hall–Kier alpha value is -3.34. The largest absolute Gasteiger partial charge is 0.487 e. The van der Waals surface area contributed by atoms with E-state index in [-0.39, 0.29) is 19.1 Å². The van der Waals surface area contributed by atoms with E-state index in [2.05, 4.69) is 15.7 Å². The van der Waals surface area contributed by atoms with Crippen molar-refractivity contribution in [1.82, 2.24) is 10.4 Å². The molecule has 0 aliphatic heterocycles. The van der Waals surface area contributed by atoms with E-state index in [1.54, 1.807) is 57.3 Å². The van der Waals surface area contributed by atoms with Gasteiger partial charge in [0.25, 0.3) is 0 Å². The molecule has 0 aliphatic rings. The summed E-state index contributed by atoms with van der Waals surface area (Å²) in [5, 5.41) is 5.86. The van der Waals surface area contributed by atoms with Crippen molar-refractivity contribution in [1.29, 1.82) is 0 Å². The Balaban J connectivity index is 2.06. The topological polar surface area (TPSA) is 119 Å². The Labute approximate surface area is 184 Å². The monoisotopic (exact) mass is 450 g/mol. The van der Waals surface area contributed by atoms with Crippen LogP contribution in [0.5, 0.6) is 5.75 Å². The second kappa shape index (κ2) is 10.6. The number of carbonyl (C=O) groups excluding carboxylic acids is 3. The van der Waals surface area contributed by atoms with Crippen molar-refractivity contribution in [2.24, 2.45) is 0 Å². The molecule has 1 heterocycles. The molecule has 10 nitrogen and oxygen atoms in total. The molecular formula is C20H26N4O6S. The Morgan fingerprint density at radius 2 is 1.84 bits per heavy atom. The van der Waals surface area contributed by atoms with Gasteiger partial charge in [-0.3, -0.25) is 4.79 Å². The number of benzene rings is 1. The number of amides is 3. The van der Waals surface area contributed by atoms with Crippen LogP contribution < -0.4 is 20.5 Å². The second-order valence-corrected chi connectivity index (χ2v) is 8.11. The van der Waals surface area contributed by atoms with E-state index in [4.69, 9.17) is 14.2 Å². The molecule has 0 saturated heterocycles. The highest BCUT2D eigenvalue weighted by molar-refractivity contribution is 7.13. The standard InChI is InChI=1S/C20H26N4O6S/c1-6-28-18(26)23-24(19(27)30-20(3,4)5)15-7-9-16(10-8-15)29-11-14-12-31-17(22-14)21-13(2)25/h7-10,12H,6,11H2,1-5H3,(H,23,26)(H,21,22,25). The van der Waals surface area contributed by atoms with Crippen LogP contribution in [0.25, 0.3) is 0 Å². The molecular weight excluding hydrogens is 424 g/mol. The van der Waals surface area contributed by atoms with Crippen molar-refractivity contribution >= 4 is 40.2 Å². The number of hydrogen-bond donors (Lipinski definition) is 2. The second-order valence-electron chi connectivity index (χ2n) is 7.26. The molecule has 0 atom stereocenters. The fourth-order valence-electron chi connectivity index (χ4n) is 2.21. The minimum absolute atomic E-state index is 0.154. The molecule has 3 amide bonds. The zero-order valence-electron chi connectivity index (χ0n) is 18.1. The first-order chi connectivity index (χ1) is 14.6. The third-order valence-electron chi connectivity index (χ3n) is 3.37. The summed E-state index contributed by atoms with van der Waals surface area (Å²) in [4.78, 5) is 39.7. The minimum atomic E-state index is -0.785. The smallest absolute Gasteiger partial charge is 0.434 e. The molecule has 0 unspecified atom stereocenters. The molecule has 1 aromatic heterocycles. The number of carbonyl (C=O) groups is 3. The highest BCUT2D eigenvalue weighted by atomic mass is 32.1. The minimum Gasteiger partial charge on any atom is -0.487 e. The maximum Gasteiger partial charge on any atom is 0.434 e. The lowest BCUT2D eigenvalue weighted by molar-refractivity contribution is -0.114. The van der Waals surface area contributed by atoms with Crippen molar-refractivity contribution < 1.29 is 28.6 Å². The van der Waals surface area contributed by atoms with E-state index < -0.39 is 17.8 Å². The van der Waals surface area contributed by atoms with Crippen LogP contribution in [0, 0.1) is 0 Å². The van der Waals surface area contributed by atoms with Crippen molar-refractivity contribution in [3.05, 3.63) is 35.3 Å². The first-order valence-electron chi connectivity index (χ1n) is 9.48. The quantitative estimate of drug-likeness (QED) is 0.636. The van der Waals surface area contributed by atoms with Crippen molar-refractivity contribution in [3.8, 4) is 5.75 Å². The normalized spacial score (nSPS) is 10.7. The van der Waals surface area contributed by atoms with Gasteiger partial charge in [-0.15, -0.1) is 11.3 Å². The number of hydrazine groups is 1. The summed E-state index contributed by atoms with van der Waals surface area (Å²) in [6.45, 7) is 8.59. The van der Waals surface area contributed by atoms with Gasteiger partial charge in [0.05, 0.1) is 18.0 Å². The zero-order chi connectivity index (χ0) is 23.0. The number of nitrogens with zero attached hydrogens (tertiary/aromatic N) is 2. The summed E-state index contributed by atoms with van der Waals surface area (Å²) >= 11 is 1.30. The van der Waals surface area contributed by atoms with Crippen LogP contribution in [0.15, 0.2) is 29.6 Å². The molecule has 0 saturated carbocycles. The van der Waals surface area contributed by atoms with Crippen LogP contribution in [0.2, 0.25) is 0 Å². The Morgan fingerprint density at radius 3 is 2.42 bits per heavy atom. The molecule has 0 bridgehead atoms. The van der Waals surface area contributed by atoms with Gasteiger partial charge in [-0.2, -0.15) is 5.01 Å². The first-order valence-corrected chi connectivity index (χ1v) is 10.4. The number of hydrogen-bond acceptors (Lipinski definition) is 8. The van der Waals surface area contributed by atoms with E-state index in [1.807, 2.05) is 0 Å². The van der Waals surface area contributed by atoms with Crippen LogP contribution in [-0.2, 0) is 20.9 Å². The Morgan fingerprint density at radius 1 is 1.16 bits per heavy atom. The molecule has 0 fully saturated rings. The molecule has 0 spiro atoms. The predicted octanol–water partition coefficient (Wildman–Crippen LogP) is 4.08. The Kier molecular flexibility index (Phi) is 8.20. The molecule has 168 valence electrons. The third-order valence-corrected chi connectivity index (χ3v) is 4.18. The SMILES string of the molecule is CCOC(=O)NN(C(=O)OC(C)(C)C)c1ccc(OCc2csc(NC(C)=O)n2)cc1. The molecule has 0 aliphatic carbocycles. The number of rotatable bonds is 6. The van der Waals surface area contributed by atoms with Crippen LogP contribution in [0.3, 0.4) is 0 Å². The van der Waals surface area contributed by atoms with Gasteiger partial charge in [0.1, 0.15) is 18.0 Å². The summed E-state index contributed by atoms with van der Waals surface area (Å²) in [5.41, 5.74) is 2.64. The number of thiazole rings is 1. The summed E-state index contributed by atoms with van der Waals surface area (Å²) < 4.78 is 15.9. The average Bonchev–Trinajstić information content (AvgIpc) is 3.10. The number of aromatic nitrogens is 1. The van der Waals surface area contributed by atoms with Gasteiger partial charge in [-0.1, -0.05) is 0 Å². The first kappa shape index (κ1) is 23.9. The number of anilines is 2. The maximum atomic E-state index is 12.5. The van der Waals surface area contributed by atoms with Crippen molar-refractivity contribution in [3.63, 3.8) is 0 Å². The summed E-state index contributed by atoms with van der Waals surface area (Å²) in [6.07, 6.45) is -1.55. The highest BCUT2D eigenvalue weighted by Crippen LogP contribution is 2.22. The molecule has 31 heavy (non-hydrogen) atoms. The lowest BCUT2D eigenvalue weighted by atomic mass is 10.2. The van der Waals surface area contributed by atoms with E-state index in [9.17, 15) is 14.4 Å². The van der Waals surface area contributed by atoms with E-state index in [0.717, 1.165) is 5.01 Å².